The number of methoxy groups -OCH3 is 2. The SMILES string of the molecule is CCC[C@@H](Cc1ccc(OC)c(C(=O)NCc2ccc(Oc3cccc(OC)c3)cc2)c1)C(=O)O. The van der Waals surface area contributed by atoms with Crippen molar-refractivity contribution in [3.8, 4) is 23.0 Å². The third-order valence-electron chi connectivity index (χ3n) is 5.63. The Bertz CT molecular complexity index is 1140. The lowest BCUT2D eigenvalue weighted by Gasteiger charge is -2.14. The second-order valence-corrected chi connectivity index (χ2v) is 8.17. The van der Waals surface area contributed by atoms with E-state index in [1.165, 1.54) is 7.11 Å². The molecule has 1 amide bonds. The normalized spacial score (nSPS) is 11.4. The third kappa shape index (κ3) is 7.24. The number of nitrogens with one attached hydrogen (secondary N) is 1. The summed E-state index contributed by atoms with van der Waals surface area (Å²) in [7, 11) is 3.11. The number of carboxylic acid groups (broad SMARTS) is 1. The van der Waals surface area contributed by atoms with Gasteiger partial charge in [-0.15, -0.1) is 0 Å². The van der Waals surface area contributed by atoms with Crippen molar-refractivity contribution in [3.05, 3.63) is 83.4 Å². The van der Waals surface area contributed by atoms with Crippen molar-refractivity contribution in [2.75, 3.05) is 14.2 Å². The standard InChI is InChI=1S/C28H31NO6/c1-4-6-21(28(31)32)15-20-11-14-26(34-3)25(16-20)27(30)29-18-19-9-12-22(13-10-19)35-24-8-5-7-23(17-24)33-2/h5,7-14,16-17,21H,4,6,15,18H2,1-3H3,(H,29,30)(H,31,32)/t21-/m0/s1. The molecule has 0 aliphatic carbocycles. The molecule has 7 nitrogen and oxygen atoms in total. The van der Waals surface area contributed by atoms with Gasteiger partial charge in [-0.25, -0.2) is 0 Å². The summed E-state index contributed by atoms with van der Waals surface area (Å²) in [6.07, 6.45) is 1.73. The van der Waals surface area contributed by atoms with E-state index in [4.69, 9.17) is 14.2 Å². The first-order valence-electron chi connectivity index (χ1n) is 11.5. The molecule has 3 rings (SSSR count). The van der Waals surface area contributed by atoms with Gasteiger partial charge in [0, 0.05) is 12.6 Å². The average molecular weight is 478 g/mol. The molecule has 0 bridgehead atoms. The van der Waals surface area contributed by atoms with Crippen LogP contribution in [0, 0.1) is 5.92 Å². The zero-order chi connectivity index (χ0) is 25.2. The smallest absolute Gasteiger partial charge is 0.306 e. The molecule has 0 aliphatic heterocycles. The lowest BCUT2D eigenvalue weighted by molar-refractivity contribution is -0.141. The van der Waals surface area contributed by atoms with E-state index in [0.717, 1.165) is 17.5 Å². The minimum absolute atomic E-state index is 0.289. The Morgan fingerprint density at radius 1 is 0.886 bits per heavy atom. The first kappa shape index (κ1) is 25.6. The number of aliphatic carboxylic acids is 1. The van der Waals surface area contributed by atoms with Crippen LogP contribution in [0.1, 0.15) is 41.3 Å². The number of carbonyl (C=O) groups excluding carboxylic acids is 1. The van der Waals surface area contributed by atoms with E-state index in [1.807, 2.05) is 55.5 Å². The van der Waals surface area contributed by atoms with Crippen LogP contribution in [0.25, 0.3) is 0 Å². The second-order valence-electron chi connectivity index (χ2n) is 8.17. The van der Waals surface area contributed by atoms with E-state index in [-0.39, 0.29) is 5.91 Å². The number of ether oxygens (including phenoxy) is 3. The number of hydrogen-bond donors (Lipinski definition) is 2. The Hall–Kier alpha value is -4.00. The molecule has 7 heteroatoms. The Kier molecular flexibility index (Phi) is 9.12. The van der Waals surface area contributed by atoms with Crippen LogP contribution in [-0.4, -0.2) is 31.2 Å². The Morgan fingerprint density at radius 3 is 2.26 bits per heavy atom. The maximum absolute atomic E-state index is 12.9. The fraction of sp³-hybridized carbons (Fsp3) is 0.286. The fourth-order valence-electron chi connectivity index (χ4n) is 3.76. The van der Waals surface area contributed by atoms with E-state index in [0.29, 0.717) is 47.9 Å². The highest BCUT2D eigenvalue weighted by Gasteiger charge is 2.19. The van der Waals surface area contributed by atoms with Crippen molar-refractivity contribution < 1.29 is 28.9 Å². The molecule has 2 N–H and O–H groups in total. The molecule has 0 aliphatic rings. The second kappa shape index (κ2) is 12.5. The molecule has 0 radical (unpaired) electrons. The number of amides is 1. The van der Waals surface area contributed by atoms with E-state index < -0.39 is 11.9 Å². The largest absolute Gasteiger partial charge is 0.497 e. The molecule has 0 saturated heterocycles. The maximum atomic E-state index is 12.9. The van der Waals surface area contributed by atoms with Crippen LogP contribution in [0.4, 0.5) is 0 Å². The van der Waals surface area contributed by atoms with Crippen molar-refractivity contribution in [1.82, 2.24) is 5.32 Å². The summed E-state index contributed by atoms with van der Waals surface area (Å²) in [6, 6.07) is 20.0. The number of carboxylic acids is 1. The highest BCUT2D eigenvalue weighted by molar-refractivity contribution is 5.97. The van der Waals surface area contributed by atoms with E-state index in [1.54, 1.807) is 25.3 Å². The predicted molar refractivity (Wildman–Crippen MR) is 133 cm³/mol. The van der Waals surface area contributed by atoms with Gasteiger partial charge in [0.2, 0.25) is 0 Å². The van der Waals surface area contributed by atoms with Crippen molar-refractivity contribution in [1.29, 1.82) is 0 Å². The van der Waals surface area contributed by atoms with Crippen LogP contribution in [0.15, 0.2) is 66.7 Å². The van der Waals surface area contributed by atoms with E-state index in [9.17, 15) is 14.7 Å². The molecule has 3 aromatic rings. The van der Waals surface area contributed by atoms with Crippen LogP contribution in [-0.2, 0) is 17.8 Å². The van der Waals surface area contributed by atoms with Crippen LogP contribution in [0.3, 0.4) is 0 Å². The molecule has 35 heavy (non-hydrogen) atoms. The molecule has 184 valence electrons. The third-order valence-corrected chi connectivity index (χ3v) is 5.63. The molecule has 0 saturated carbocycles. The first-order valence-corrected chi connectivity index (χ1v) is 11.5. The van der Waals surface area contributed by atoms with Crippen LogP contribution in [0.2, 0.25) is 0 Å². The minimum atomic E-state index is -0.826. The Balaban J connectivity index is 1.64. The van der Waals surface area contributed by atoms with Gasteiger partial charge in [-0.1, -0.05) is 37.6 Å². The highest BCUT2D eigenvalue weighted by Crippen LogP contribution is 2.26. The summed E-state index contributed by atoms with van der Waals surface area (Å²) in [5, 5.41) is 12.4. The van der Waals surface area contributed by atoms with Gasteiger partial charge in [0.1, 0.15) is 23.0 Å². The molecule has 0 heterocycles. The Labute approximate surface area is 205 Å². The zero-order valence-corrected chi connectivity index (χ0v) is 20.2. The van der Waals surface area contributed by atoms with Gasteiger partial charge >= 0.3 is 5.97 Å². The molecule has 3 aromatic carbocycles. The van der Waals surface area contributed by atoms with E-state index in [2.05, 4.69) is 5.32 Å². The lowest BCUT2D eigenvalue weighted by atomic mass is 9.94. The van der Waals surface area contributed by atoms with Crippen molar-refractivity contribution in [2.45, 2.75) is 32.7 Å². The van der Waals surface area contributed by atoms with Crippen molar-refractivity contribution in [3.63, 3.8) is 0 Å². The molecular formula is C28H31NO6. The van der Waals surface area contributed by atoms with Gasteiger partial charge in [0.25, 0.3) is 5.91 Å². The monoisotopic (exact) mass is 477 g/mol. The summed E-state index contributed by atoms with van der Waals surface area (Å²) in [5.41, 5.74) is 2.07. The van der Waals surface area contributed by atoms with E-state index >= 15 is 0 Å². The highest BCUT2D eigenvalue weighted by atomic mass is 16.5. The topological polar surface area (TPSA) is 94.1 Å². The quantitative estimate of drug-likeness (QED) is 0.359. The van der Waals surface area contributed by atoms with Crippen molar-refractivity contribution >= 4 is 11.9 Å². The van der Waals surface area contributed by atoms with Crippen LogP contribution in [0.5, 0.6) is 23.0 Å². The van der Waals surface area contributed by atoms with Crippen LogP contribution >= 0.6 is 0 Å². The number of benzene rings is 3. The molecule has 0 unspecified atom stereocenters. The fourth-order valence-corrected chi connectivity index (χ4v) is 3.76. The molecule has 0 spiro atoms. The summed E-state index contributed by atoms with van der Waals surface area (Å²) < 4.78 is 16.4. The molecule has 0 aromatic heterocycles. The van der Waals surface area contributed by atoms with Gasteiger partial charge in [0.15, 0.2) is 0 Å². The summed E-state index contributed by atoms with van der Waals surface area (Å²) in [4.78, 5) is 24.5. The van der Waals surface area contributed by atoms with Gasteiger partial charge < -0.3 is 24.6 Å². The van der Waals surface area contributed by atoms with Crippen LogP contribution < -0.4 is 19.5 Å². The molecule has 0 fully saturated rings. The summed E-state index contributed by atoms with van der Waals surface area (Å²) in [5.74, 6) is 0.891. The van der Waals surface area contributed by atoms with Gasteiger partial charge in [-0.3, -0.25) is 9.59 Å². The summed E-state index contributed by atoms with van der Waals surface area (Å²) >= 11 is 0. The van der Waals surface area contributed by atoms with Crippen molar-refractivity contribution in [2.24, 2.45) is 5.92 Å². The first-order chi connectivity index (χ1) is 16.9. The molecular weight excluding hydrogens is 446 g/mol. The van der Waals surface area contributed by atoms with Gasteiger partial charge in [-0.2, -0.15) is 0 Å². The minimum Gasteiger partial charge on any atom is -0.497 e. The molecule has 1 atom stereocenters. The van der Waals surface area contributed by atoms with Gasteiger partial charge in [-0.05, 0) is 60.4 Å². The number of rotatable bonds is 12. The zero-order valence-electron chi connectivity index (χ0n) is 20.2. The average Bonchev–Trinajstić information content (AvgIpc) is 2.87. The number of hydrogen-bond acceptors (Lipinski definition) is 5. The Morgan fingerprint density at radius 2 is 1.60 bits per heavy atom. The van der Waals surface area contributed by atoms with Gasteiger partial charge in [0.05, 0.1) is 25.7 Å². The predicted octanol–water partition coefficient (Wildman–Crippen LogP) is 5.47. The summed E-state index contributed by atoms with van der Waals surface area (Å²) in [6.45, 7) is 2.28. The lowest BCUT2D eigenvalue weighted by Crippen LogP contribution is -2.24. The number of carbonyl (C=O) groups is 2. The maximum Gasteiger partial charge on any atom is 0.306 e.